The normalized spacial score (nSPS) is 16.5. The maximum Gasteiger partial charge on any atom is 0.123 e. The zero-order chi connectivity index (χ0) is 20.1. The maximum absolute atomic E-state index is 13.2. The Morgan fingerprint density at radius 3 is 2.48 bits per heavy atom. The quantitative estimate of drug-likeness (QED) is 0.680. The van der Waals surface area contributed by atoms with Crippen molar-refractivity contribution in [2.24, 2.45) is 0 Å². The number of hydrogen-bond acceptors (Lipinski definition) is 4. The first-order valence-electron chi connectivity index (χ1n) is 9.92. The molecule has 2 aromatic carbocycles. The number of piperidine rings is 1. The highest BCUT2D eigenvalue weighted by molar-refractivity contribution is 5.28. The molecule has 1 N–H and O–H groups in total. The first kappa shape index (κ1) is 19.6. The molecule has 0 atom stereocenters. The second kappa shape index (κ2) is 8.72. The lowest BCUT2D eigenvalue weighted by atomic mass is 9.85. The van der Waals surface area contributed by atoms with Crippen LogP contribution in [0.3, 0.4) is 0 Å². The van der Waals surface area contributed by atoms with Gasteiger partial charge in [0, 0.05) is 37.6 Å². The molecule has 0 aliphatic carbocycles. The van der Waals surface area contributed by atoms with Gasteiger partial charge in [0.15, 0.2) is 0 Å². The molecule has 1 aliphatic rings. The molecule has 3 aromatic rings. The maximum atomic E-state index is 13.2. The highest BCUT2D eigenvalue weighted by Crippen LogP contribution is 2.32. The molecule has 1 fully saturated rings. The highest BCUT2D eigenvalue weighted by atomic mass is 19.1. The summed E-state index contributed by atoms with van der Waals surface area (Å²) in [6.45, 7) is 2.86. The number of benzene rings is 2. The summed E-state index contributed by atoms with van der Waals surface area (Å²) in [5.41, 5.74) is 2.14. The van der Waals surface area contributed by atoms with Crippen LogP contribution in [0.25, 0.3) is 0 Å². The lowest BCUT2D eigenvalue weighted by molar-refractivity contribution is -0.0279. The van der Waals surface area contributed by atoms with Crippen molar-refractivity contribution in [2.45, 2.75) is 31.6 Å². The Balaban J connectivity index is 1.28. The van der Waals surface area contributed by atoms with Gasteiger partial charge in [0.2, 0.25) is 0 Å². The number of halogens is 1. The van der Waals surface area contributed by atoms with Crippen LogP contribution >= 0.6 is 0 Å². The van der Waals surface area contributed by atoms with Crippen LogP contribution in [0.2, 0.25) is 0 Å². The zero-order valence-electron chi connectivity index (χ0n) is 16.3. The molecular weight excluding hydrogens is 367 g/mol. The van der Waals surface area contributed by atoms with E-state index in [4.69, 9.17) is 4.74 Å². The van der Waals surface area contributed by atoms with Crippen LogP contribution < -0.4 is 4.74 Å². The van der Waals surface area contributed by atoms with Crippen LogP contribution in [0.1, 0.15) is 29.5 Å². The minimum absolute atomic E-state index is 0.251. The first-order chi connectivity index (χ1) is 14.1. The van der Waals surface area contributed by atoms with Crippen molar-refractivity contribution in [3.8, 4) is 5.75 Å². The number of aromatic nitrogens is 1. The van der Waals surface area contributed by atoms with Gasteiger partial charge in [0.05, 0.1) is 5.60 Å². The van der Waals surface area contributed by atoms with E-state index in [0.29, 0.717) is 19.4 Å². The fourth-order valence-electron chi connectivity index (χ4n) is 3.75. The van der Waals surface area contributed by atoms with Crippen molar-refractivity contribution in [3.63, 3.8) is 0 Å². The molecule has 4 nitrogen and oxygen atoms in total. The SMILES string of the molecule is OC1(c2cccnc2)CCN(Cc2ccc(OCc3cccc(F)c3)cc2)CC1. The first-order valence-corrected chi connectivity index (χ1v) is 9.92. The molecule has 150 valence electrons. The minimum Gasteiger partial charge on any atom is -0.489 e. The highest BCUT2D eigenvalue weighted by Gasteiger charge is 2.33. The molecule has 0 bridgehead atoms. The molecule has 0 saturated carbocycles. The number of aliphatic hydroxyl groups is 1. The minimum atomic E-state index is -0.778. The fourth-order valence-corrected chi connectivity index (χ4v) is 3.75. The van der Waals surface area contributed by atoms with E-state index >= 15 is 0 Å². The third-order valence-electron chi connectivity index (χ3n) is 5.51. The van der Waals surface area contributed by atoms with Gasteiger partial charge < -0.3 is 9.84 Å². The number of likely N-dealkylation sites (tertiary alicyclic amines) is 1. The summed E-state index contributed by atoms with van der Waals surface area (Å²) in [7, 11) is 0. The van der Waals surface area contributed by atoms with E-state index in [1.807, 2.05) is 30.3 Å². The molecule has 0 radical (unpaired) electrons. The van der Waals surface area contributed by atoms with Gasteiger partial charge in [-0.1, -0.05) is 30.3 Å². The van der Waals surface area contributed by atoms with E-state index in [2.05, 4.69) is 22.0 Å². The van der Waals surface area contributed by atoms with Crippen molar-refractivity contribution < 1.29 is 14.2 Å². The van der Waals surface area contributed by atoms with Crippen molar-refractivity contribution >= 4 is 0 Å². The number of ether oxygens (including phenoxy) is 1. The zero-order valence-corrected chi connectivity index (χ0v) is 16.3. The average molecular weight is 392 g/mol. The molecule has 1 aromatic heterocycles. The number of hydrogen-bond donors (Lipinski definition) is 1. The van der Waals surface area contributed by atoms with Gasteiger partial charge in [0.1, 0.15) is 18.2 Å². The van der Waals surface area contributed by atoms with Gasteiger partial charge in [-0.05, 0) is 54.3 Å². The monoisotopic (exact) mass is 392 g/mol. The Morgan fingerprint density at radius 1 is 1.00 bits per heavy atom. The lowest BCUT2D eigenvalue weighted by Gasteiger charge is -2.38. The predicted molar refractivity (Wildman–Crippen MR) is 110 cm³/mol. The van der Waals surface area contributed by atoms with Gasteiger partial charge in [-0.3, -0.25) is 9.88 Å². The van der Waals surface area contributed by atoms with Gasteiger partial charge in [-0.25, -0.2) is 4.39 Å². The molecule has 29 heavy (non-hydrogen) atoms. The Bertz CT molecular complexity index is 923. The summed E-state index contributed by atoms with van der Waals surface area (Å²) in [6, 6.07) is 18.3. The van der Waals surface area contributed by atoms with E-state index in [1.54, 1.807) is 18.5 Å². The standard InChI is InChI=1S/C24H25FN2O2/c25-22-5-1-3-20(15-22)18-29-23-8-6-19(7-9-23)17-27-13-10-24(28,11-14-27)21-4-2-12-26-16-21/h1-9,12,15-16,28H,10-11,13-14,17-18H2. The largest absolute Gasteiger partial charge is 0.489 e. The number of nitrogens with zero attached hydrogens (tertiary/aromatic N) is 2. The predicted octanol–water partition coefficient (Wildman–Crippen LogP) is 4.28. The van der Waals surface area contributed by atoms with Crippen molar-refractivity contribution in [1.82, 2.24) is 9.88 Å². The van der Waals surface area contributed by atoms with Gasteiger partial charge in [0.25, 0.3) is 0 Å². The topological polar surface area (TPSA) is 45.6 Å². The van der Waals surface area contributed by atoms with E-state index in [0.717, 1.165) is 36.5 Å². The van der Waals surface area contributed by atoms with E-state index in [9.17, 15) is 9.50 Å². The van der Waals surface area contributed by atoms with Crippen LogP contribution in [0.5, 0.6) is 5.75 Å². The Labute approximate surface area is 170 Å². The van der Waals surface area contributed by atoms with Crippen molar-refractivity contribution in [2.75, 3.05) is 13.1 Å². The van der Waals surface area contributed by atoms with Crippen molar-refractivity contribution in [3.05, 3.63) is 95.6 Å². The van der Waals surface area contributed by atoms with Crippen molar-refractivity contribution in [1.29, 1.82) is 0 Å². The third kappa shape index (κ3) is 5.00. The van der Waals surface area contributed by atoms with Crippen LogP contribution in [-0.4, -0.2) is 28.1 Å². The molecule has 4 rings (SSSR count). The second-order valence-corrected chi connectivity index (χ2v) is 7.61. The van der Waals surface area contributed by atoms with Crippen LogP contribution in [-0.2, 0) is 18.8 Å². The van der Waals surface area contributed by atoms with Gasteiger partial charge in [-0.2, -0.15) is 0 Å². The molecule has 0 amide bonds. The third-order valence-corrected chi connectivity index (χ3v) is 5.51. The summed E-state index contributed by atoms with van der Waals surface area (Å²) < 4.78 is 19.0. The number of rotatable bonds is 6. The molecule has 1 aliphatic heterocycles. The molecule has 2 heterocycles. The lowest BCUT2D eigenvalue weighted by Crippen LogP contribution is -2.42. The van der Waals surface area contributed by atoms with Gasteiger partial charge >= 0.3 is 0 Å². The average Bonchev–Trinajstić information content (AvgIpc) is 2.76. The smallest absolute Gasteiger partial charge is 0.123 e. The summed E-state index contributed by atoms with van der Waals surface area (Å²) in [4.78, 5) is 6.49. The summed E-state index contributed by atoms with van der Waals surface area (Å²) in [5.74, 6) is 0.515. The van der Waals surface area contributed by atoms with Crippen LogP contribution in [0, 0.1) is 5.82 Å². The molecule has 0 spiro atoms. The molecule has 0 unspecified atom stereocenters. The van der Waals surface area contributed by atoms with E-state index in [-0.39, 0.29) is 5.82 Å². The van der Waals surface area contributed by atoms with E-state index < -0.39 is 5.60 Å². The Morgan fingerprint density at radius 2 is 1.79 bits per heavy atom. The van der Waals surface area contributed by atoms with Crippen LogP contribution in [0.4, 0.5) is 4.39 Å². The molecular formula is C24H25FN2O2. The van der Waals surface area contributed by atoms with E-state index in [1.165, 1.54) is 17.7 Å². The fraction of sp³-hybridized carbons (Fsp3) is 0.292. The number of pyridine rings is 1. The molecule has 5 heteroatoms. The summed E-state index contributed by atoms with van der Waals surface area (Å²) in [6.07, 6.45) is 4.90. The molecule has 1 saturated heterocycles. The second-order valence-electron chi connectivity index (χ2n) is 7.61. The Kier molecular flexibility index (Phi) is 5.88. The summed E-state index contributed by atoms with van der Waals surface area (Å²) in [5, 5.41) is 10.9. The Hall–Kier alpha value is -2.76. The van der Waals surface area contributed by atoms with Crippen LogP contribution in [0.15, 0.2) is 73.1 Å². The van der Waals surface area contributed by atoms with Gasteiger partial charge in [-0.15, -0.1) is 0 Å². The summed E-state index contributed by atoms with van der Waals surface area (Å²) >= 11 is 0.